The monoisotopic (exact) mass is 526 g/mol. The molecule has 164 valence electrons. The molecule has 0 aliphatic heterocycles. The summed E-state index contributed by atoms with van der Waals surface area (Å²) in [5.41, 5.74) is 0. The van der Waals surface area contributed by atoms with Crippen molar-refractivity contribution in [2.75, 3.05) is 0 Å². The van der Waals surface area contributed by atoms with Crippen molar-refractivity contribution in [3.8, 4) is 0 Å². The van der Waals surface area contributed by atoms with E-state index in [9.17, 15) is 0 Å². The molecule has 0 amide bonds. The van der Waals surface area contributed by atoms with Crippen molar-refractivity contribution in [1.29, 1.82) is 0 Å². The lowest BCUT2D eigenvalue weighted by Gasteiger charge is -2.66. The quantitative estimate of drug-likeness (QED) is 0.288. The Bertz CT molecular complexity index is 398. The van der Waals surface area contributed by atoms with Crippen LogP contribution in [0.25, 0.3) is 0 Å². The maximum atomic E-state index is 2.97. The Balaban J connectivity index is 7.45. The molecule has 0 aromatic rings. The van der Waals surface area contributed by atoms with Crippen LogP contribution in [0.1, 0.15) is 0 Å². The minimum atomic E-state index is -1.37. The maximum Gasteiger partial charge on any atom is 0.0868 e. The van der Waals surface area contributed by atoms with E-state index in [-0.39, 0.29) is 0 Å². The molecule has 0 rings (SSSR count). The zero-order valence-corrected chi connectivity index (χ0v) is 31.2. The summed E-state index contributed by atoms with van der Waals surface area (Å²) >= 11 is 0. The molecule has 0 saturated heterocycles. The highest BCUT2D eigenvalue weighted by atomic mass is 32.6. The van der Waals surface area contributed by atoms with Gasteiger partial charge in [0.2, 0.25) is 0 Å². The van der Waals surface area contributed by atoms with Crippen LogP contribution in [0.3, 0.4) is 0 Å². The van der Waals surface area contributed by atoms with Crippen molar-refractivity contribution in [1.82, 2.24) is 0 Å². The van der Waals surface area contributed by atoms with Gasteiger partial charge in [0.25, 0.3) is 0 Å². The minimum Gasteiger partial charge on any atom is -0.222 e. The fraction of sp³-hybridized carbons (Fsp3) is 1.00. The first-order valence-corrected chi connectivity index (χ1v) is 44.2. The van der Waals surface area contributed by atoms with E-state index in [2.05, 4.69) is 129 Å². The molecule has 0 saturated carbocycles. The summed E-state index contributed by atoms with van der Waals surface area (Å²) in [6, 6.07) is 0. The Hall–Kier alpha value is 2.09. The van der Waals surface area contributed by atoms with Crippen molar-refractivity contribution in [3.05, 3.63) is 0 Å². The molecule has 0 N–H and O–H groups in total. The summed E-state index contributed by atoms with van der Waals surface area (Å²) in [6.45, 7) is 50.5. The van der Waals surface area contributed by atoms with Gasteiger partial charge in [-0.1, -0.05) is 118 Å². The van der Waals surface area contributed by atoms with E-state index in [1.807, 2.05) is 0 Å². The first kappa shape index (κ1) is 29.1. The Labute approximate surface area is 184 Å². The van der Waals surface area contributed by atoms with Crippen LogP contribution in [-0.2, 0) is 0 Å². The molecule has 0 unspecified atom stereocenters. The summed E-state index contributed by atoms with van der Waals surface area (Å²) in [7, 11) is -4.39. The van der Waals surface area contributed by atoms with Gasteiger partial charge in [-0.25, -0.2) is 10.7 Å². The number of hydrogen-bond acceptors (Lipinski definition) is 1. The van der Waals surface area contributed by atoms with E-state index >= 15 is 0 Å². The highest BCUT2D eigenvalue weighted by molar-refractivity contribution is 8.73. The van der Waals surface area contributed by atoms with Gasteiger partial charge in [0.1, 0.15) is 0 Å². The Morgan fingerprint density at radius 1 is 0.259 bits per heavy atom. The lowest BCUT2D eigenvalue weighted by atomic mass is 11.8. The van der Waals surface area contributed by atoms with Gasteiger partial charge in [-0.05, 0) is 0 Å². The van der Waals surface area contributed by atoms with Crippen LogP contribution < -0.4 is 0 Å². The molecule has 9 heteroatoms. The summed E-state index contributed by atoms with van der Waals surface area (Å²) in [4.78, 5) is 0. The van der Waals surface area contributed by atoms with E-state index in [0.717, 1.165) is 0 Å². The Morgan fingerprint density at radius 3 is 0.444 bits per heavy atom. The van der Waals surface area contributed by atoms with Gasteiger partial charge in [0.15, 0.2) is 0 Å². The second-order valence-electron chi connectivity index (χ2n) is 15.0. The highest BCUT2D eigenvalue weighted by Crippen LogP contribution is 2.55. The lowest BCUT2D eigenvalue weighted by Crippen LogP contribution is -2.89. The average Bonchev–Trinajstić information content (AvgIpc) is 2.16. The molecule has 0 radical (unpaired) electrons. The molecule has 0 spiro atoms. The first-order chi connectivity index (χ1) is 11.2. The average molecular weight is 527 g/mol. The maximum absolute atomic E-state index is 2.97. The molecule has 0 aliphatic rings. The Kier molecular flexibility index (Phi) is 8.50. The van der Waals surface area contributed by atoms with Crippen LogP contribution in [0.15, 0.2) is 0 Å². The summed E-state index contributed by atoms with van der Waals surface area (Å²) < 4.78 is 0. The molecule has 0 atom stereocenters. The van der Waals surface area contributed by atoms with Crippen LogP contribution in [0.4, 0.5) is 0 Å². The van der Waals surface area contributed by atoms with Crippen LogP contribution in [0.2, 0.25) is 118 Å². The third-order valence-electron chi connectivity index (χ3n) is 6.64. The molecule has 0 aliphatic carbocycles. The molecule has 27 heavy (non-hydrogen) atoms. The topological polar surface area (TPSA) is 0 Å². The number of rotatable bonds is 8. The lowest BCUT2D eigenvalue weighted by molar-refractivity contribution is 1.76. The van der Waals surface area contributed by atoms with E-state index < -0.39 is 57.1 Å². The zero-order chi connectivity index (χ0) is 22.7. The van der Waals surface area contributed by atoms with E-state index in [0.29, 0.717) is 0 Å². The zero-order valence-electron chi connectivity index (χ0n) is 22.4. The largest absolute Gasteiger partial charge is 0.222 e. The van der Waals surface area contributed by atoms with Gasteiger partial charge in [0, 0.05) is 45.5 Å². The van der Waals surface area contributed by atoms with Crippen LogP contribution in [0.5, 0.6) is 0 Å². The van der Waals surface area contributed by atoms with Crippen molar-refractivity contribution < 1.29 is 0 Å². The first-order valence-electron chi connectivity index (χ1n) is 10.9. The van der Waals surface area contributed by atoms with E-state index in [1.165, 1.54) is 0 Å². The molecule has 0 aromatic carbocycles. The normalized spacial score (nSPS) is 16.7. The highest BCUT2D eigenvalue weighted by Gasteiger charge is 2.71. The van der Waals surface area contributed by atoms with Gasteiger partial charge >= 0.3 is 0 Å². The van der Waals surface area contributed by atoms with Gasteiger partial charge in [-0.3, -0.25) is 0 Å². The van der Waals surface area contributed by atoms with E-state index in [4.69, 9.17) is 0 Å². The summed E-state index contributed by atoms with van der Waals surface area (Å²) in [5.74, 6) is -2.73. The smallest absolute Gasteiger partial charge is 0.0868 e. The van der Waals surface area contributed by atoms with Crippen molar-refractivity contribution in [3.63, 3.8) is 0 Å². The fourth-order valence-electron chi connectivity index (χ4n) is 7.90. The van der Waals surface area contributed by atoms with E-state index in [1.54, 1.807) is 0 Å². The minimum absolute atomic E-state index is 1.23. The molecule has 0 bridgehead atoms. The van der Waals surface area contributed by atoms with Crippen LogP contribution >= 0.6 is 10.7 Å². The van der Waals surface area contributed by atoms with Crippen molar-refractivity contribution in [2.45, 2.75) is 118 Å². The second kappa shape index (κ2) is 7.89. The molecule has 0 fully saturated rings. The molecule has 0 nitrogen and oxygen atoms in total. The third kappa shape index (κ3) is 4.96. The summed E-state index contributed by atoms with van der Waals surface area (Å²) in [6.07, 6.45) is 0. The van der Waals surface area contributed by atoms with Gasteiger partial charge < -0.3 is 0 Å². The predicted octanol–water partition coefficient (Wildman–Crippen LogP) is 8.11. The molecular formula is C18H54SSi8. The Morgan fingerprint density at radius 2 is 0.370 bits per heavy atom. The fourth-order valence-corrected chi connectivity index (χ4v) is 312. The summed E-state index contributed by atoms with van der Waals surface area (Å²) in [5, 5.41) is 0. The molecule has 0 heterocycles. The molecule has 0 aromatic heterocycles. The molecular weight excluding hydrogens is 473 g/mol. The second-order valence-corrected chi connectivity index (χ2v) is 107. The van der Waals surface area contributed by atoms with Gasteiger partial charge in [0.05, 0.1) is 11.6 Å². The van der Waals surface area contributed by atoms with Crippen LogP contribution in [0, 0.1) is 0 Å². The van der Waals surface area contributed by atoms with Crippen molar-refractivity contribution >= 4 is 67.8 Å². The SMILES string of the molecule is C[Si](C)(C)[Si](S[Si]([Si](C)(C)C)([Si](C)(C)C)[Si](C)(C)C)([Si](C)(C)C)[Si](C)(C)C. The number of hydrogen-bond donors (Lipinski definition) is 0. The van der Waals surface area contributed by atoms with Gasteiger partial charge in [-0.15, -0.1) is 0 Å². The van der Waals surface area contributed by atoms with Crippen LogP contribution in [-0.4, -0.2) is 57.1 Å². The van der Waals surface area contributed by atoms with Crippen molar-refractivity contribution in [2.24, 2.45) is 0 Å². The third-order valence-corrected chi connectivity index (χ3v) is 196. The van der Waals surface area contributed by atoms with Gasteiger partial charge in [-0.2, -0.15) is 0 Å². The predicted molar refractivity (Wildman–Crippen MR) is 159 cm³/mol. The standard InChI is InChI=1S/C18H54SSi8/c1-20(2,3)26(21(4,5)6,22(7,8)9)19-27(23(10,11)12,24(13,14)15)25(16,17)18/h1-18H3.